The van der Waals surface area contributed by atoms with Gasteiger partial charge in [0, 0.05) is 35.6 Å². The highest BCUT2D eigenvalue weighted by Crippen LogP contribution is 2.40. The van der Waals surface area contributed by atoms with Crippen molar-refractivity contribution in [2.45, 2.75) is 43.9 Å². The van der Waals surface area contributed by atoms with E-state index in [-0.39, 0.29) is 34.4 Å². The Balaban J connectivity index is 1.46. The number of anilines is 1. The first-order chi connectivity index (χ1) is 20.2. The average molecular weight is 632 g/mol. The Morgan fingerprint density at radius 1 is 1.05 bits per heavy atom. The molecule has 4 aromatic rings. The van der Waals surface area contributed by atoms with E-state index in [2.05, 4.69) is 9.71 Å². The van der Waals surface area contributed by atoms with Crippen LogP contribution in [0.2, 0.25) is 0 Å². The average Bonchev–Trinajstić information content (AvgIpc) is 3.44. The molecule has 0 saturated carbocycles. The molecule has 1 N–H and O–H groups in total. The van der Waals surface area contributed by atoms with Crippen LogP contribution in [-0.4, -0.2) is 43.1 Å². The van der Waals surface area contributed by atoms with Crippen LogP contribution in [0, 0.1) is 0 Å². The Labute approximate surface area is 250 Å². The molecule has 1 aliphatic heterocycles. The largest absolute Gasteiger partial charge is 0.456 e. The lowest BCUT2D eigenvalue weighted by Crippen LogP contribution is -2.39. The molecule has 0 radical (unpaired) electrons. The zero-order chi connectivity index (χ0) is 31.0. The molecule has 1 aliphatic rings. The molecule has 2 heterocycles. The minimum absolute atomic E-state index is 0.0180. The summed E-state index contributed by atoms with van der Waals surface area (Å²) in [7, 11) is -3.90. The lowest BCUT2D eigenvalue weighted by atomic mass is 9.96. The number of ether oxygens (including phenoxy) is 2. The molecule has 226 valence electrons. The highest BCUT2D eigenvalue weighted by Gasteiger charge is 2.32. The molecule has 0 aliphatic carbocycles. The third-order valence-corrected chi connectivity index (χ3v) is 8.66. The zero-order valence-corrected chi connectivity index (χ0v) is 25.1. The second-order valence-corrected chi connectivity index (χ2v) is 13.4. The molecule has 0 bridgehead atoms. The lowest BCUT2D eigenvalue weighted by molar-refractivity contribution is -0.137. The maximum absolute atomic E-state index is 13.7. The van der Waals surface area contributed by atoms with E-state index in [0.717, 1.165) is 23.5 Å². The van der Waals surface area contributed by atoms with Gasteiger partial charge in [-0.3, -0.25) is 4.72 Å². The summed E-state index contributed by atoms with van der Waals surface area (Å²) in [6, 6.07) is 12.8. The molecule has 1 aromatic heterocycles. The first-order valence-corrected chi connectivity index (χ1v) is 15.6. The molecule has 0 spiro atoms. The van der Waals surface area contributed by atoms with Crippen LogP contribution in [0.25, 0.3) is 16.3 Å². The van der Waals surface area contributed by atoms with Crippen molar-refractivity contribution in [2.24, 2.45) is 0 Å². The van der Waals surface area contributed by atoms with Crippen LogP contribution in [0.3, 0.4) is 0 Å². The minimum atomic E-state index is -4.57. The van der Waals surface area contributed by atoms with E-state index < -0.39 is 33.5 Å². The predicted molar refractivity (Wildman–Crippen MR) is 159 cm³/mol. The Bertz CT molecular complexity index is 1800. The molecule has 3 aromatic carbocycles. The number of carbonyl (C=O) groups excluding carboxylic acids is 1. The Morgan fingerprint density at radius 2 is 1.84 bits per heavy atom. The van der Waals surface area contributed by atoms with Crippen LogP contribution in [0.1, 0.15) is 38.3 Å². The number of hydrogen-bond acceptors (Lipinski definition) is 7. The minimum Gasteiger partial charge on any atom is -0.456 e. The van der Waals surface area contributed by atoms with Crippen molar-refractivity contribution in [1.82, 2.24) is 9.88 Å². The highest BCUT2D eigenvalue weighted by atomic mass is 32.2. The van der Waals surface area contributed by atoms with E-state index >= 15 is 0 Å². The summed E-state index contributed by atoms with van der Waals surface area (Å²) in [5, 5.41) is 3.00. The SMILES string of the molecule is CC(C)(C)OC(=O)N1CC=C(c2cc(C(F)(F)F)ccc2Oc2cccc3cc(S(=O)(=O)Nc4nccs4)ccc23)CC1. The molecule has 0 atom stereocenters. The van der Waals surface area contributed by atoms with Gasteiger partial charge in [-0.1, -0.05) is 18.2 Å². The van der Waals surface area contributed by atoms with E-state index in [1.54, 1.807) is 56.5 Å². The maximum Gasteiger partial charge on any atom is 0.416 e. The number of benzene rings is 3. The second kappa shape index (κ2) is 11.5. The second-order valence-electron chi connectivity index (χ2n) is 10.8. The van der Waals surface area contributed by atoms with E-state index in [0.29, 0.717) is 28.5 Å². The quantitative estimate of drug-likeness (QED) is 0.232. The normalized spacial score (nSPS) is 14.4. The van der Waals surface area contributed by atoms with E-state index in [4.69, 9.17) is 9.47 Å². The van der Waals surface area contributed by atoms with Gasteiger partial charge < -0.3 is 14.4 Å². The van der Waals surface area contributed by atoms with Crippen molar-refractivity contribution < 1.29 is 35.9 Å². The van der Waals surface area contributed by atoms with E-state index in [1.165, 1.54) is 29.3 Å². The fourth-order valence-corrected chi connectivity index (χ4v) is 6.33. The van der Waals surface area contributed by atoms with Gasteiger partial charge in [-0.25, -0.2) is 18.2 Å². The smallest absolute Gasteiger partial charge is 0.416 e. The predicted octanol–water partition coefficient (Wildman–Crippen LogP) is 7.93. The molecule has 43 heavy (non-hydrogen) atoms. The van der Waals surface area contributed by atoms with Crippen molar-refractivity contribution >= 4 is 48.9 Å². The summed E-state index contributed by atoms with van der Waals surface area (Å²) in [4.78, 5) is 18.0. The number of fused-ring (bicyclic) bond motifs is 1. The van der Waals surface area contributed by atoms with Gasteiger partial charge in [0.2, 0.25) is 0 Å². The zero-order valence-electron chi connectivity index (χ0n) is 23.4. The van der Waals surface area contributed by atoms with Crippen LogP contribution < -0.4 is 9.46 Å². The Hall–Kier alpha value is -4.10. The van der Waals surface area contributed by atoms with Gasteiger partial charge in [0.15, 0.2) is 5.13 Å². The van der Waals surface area contributed by atoms with Gasteiger partial charge in [-0.15, -0.1) is 11.3 Å². The first kappa shape index (κ1) is 30.4. The Morgan fingerprint density at radius 3 is 2.49 bits per heavy atom. The molecule has 0 unspecified atom stereocenters. The standard InChI is InChI=1S/C30H28F3N3O5S2/c1-29(2,3)41-28(37)36-14-11-19(12-15-36)24-18-21(30(31,32)33)7-10-26(24)40-25-6-4-5-20-17-22(8-9-23(20)25)43(38,39)35-27-34-13-16-42-27/h4-11,13,16-18H,12,14-15H2,1-3H3,(H,34,35). The molecule has 8 nitrogen and oxygen atoms in total. The van der Waals surface area contributed by atoms with Gasteiger partial charge in [-0.05, 0) is 80.6 Å². The third-order valence-electron chi connectivity index (χ3n) is 6.51. The van der Waals surface area contributed by atoms with Crippen molar-refractivity contribution in [3.05, 3.63) is 83.4 Å². The van der Waals surface area contributed by atoms with Crippen LogP contribution in [0.4, 0.5) is 23.1 Å². The molecule has 13 heteroatoms. The van der Waals surface area contributed by atoms with E-state index in [9.17, 15) is 26.4 Å². The number of nitrogens with one attached hydrogen (secondary N) is 1. The van der Waals surface area contributed by atoms with Crippen LogP contribution in [-0.2, 0) is 20.9 Å². The van der Waals surface area contributed by atoms with Crippen molar-refractivity contribution in [1.29, 1.82) is 0 Å². The number of halogens is 3. The number of amides is 1. The van der Waals surface area contributed by atoms with Gasteiger partial charge in [0.1, 0.15) is 17.1 Å². The monoisotopic (exact) mass is 631 g/mol. The van der Waals surface area contributed by atoms with Gasteiger partial charge in [-0.2, -0.15) is 13.2 Å². The number of thiazole rings is 1. The van der Waals surface area contributed by atoms with Crippen molar-refractivity contribution in [3.63, 3.8) is 0 Å². The topological polar surface area (TPSA) is 97.8 Å². The number of carbonyl (C=O) groups is 1. The summed E-state index contributed by atoms with van der Waals surface area (Å²) in [6.07, 6.45) is -1.59. The first-order valence-electron chi connectivity index (χ1n) is 13.2. The fraction of sp³-hybridized carbons (Fsp3) is 0.267. The van der Waals surface area contributed by atoms with Gasteiger partial charge in [0.05, 0.1) is 10.5 Å². The van der Waals surface area contributed by atoms with Crippen LogP contribution in [0.15, 0.2) is 77.1 Å². The number of rotatable bonds is 6. The fourth-order valence-electron chi connectivity index (χ4n) is 4.51. The summed E-state index contributed by atoms with van der Waals surface area (Å²) >= 11 is 1.15. The summed E-state index contributed by atoms with van der Waals surface area (Å²) < 4.78 is 80.9. The molecule has 1 amide bonds. The summed E-state index contributed by atoms with van der Waals surface area (Å²) in [5.41, 5.74) is -0.652. The molecule has 0 fully saturated rings. The number of alkyl halides is 3. The van der Waals surface area contributed by atoms with Crippen LogP contribution in [0.5, 0.6) is 11.5 Å². The maximum atomic E-state index is 13.7. The Kier molecular flexibility index (Phi) is 8.14. The molecule has 5 rings (SSSR count). The number of nitrogens with zero attached hydrogens (tertiary/aromatic N) is 2. The van der Waals surface area contributed by atoms with Crippen LogP contribution >= 0.6 is 11.3 Å². The van der Waals surface area contributed by atoms with Crippen molar-refractivity contribution in [3.8, 4) is 11.5 Å². The summed E-state index contributed by atoms with van der Waals surface area (Å²) in [5.74, 6) is 0.529. The highest BCUT2D eigenvalue weighted by molar-refractivity contribution is 7.93. The molecule has 0 saturated heterocycles. The van der Waals surface area contributed by atoms with Gasteiger partial charge in [0.25, 0.3) is 10.0 Å². The van der Waals surface area contributed by atoms with E-state index in [1.807, 2.05) is 0 Å². The van der Waals surface area contributed by atoms with Gasteiger partial charge >= 0.3 is 12.3 Å². The third kappa shape index (κ3) is 7.11. The summed E-state index contributed by atoms with van der Waals surface area (Å²) in [6.45, 7) is 5.70. The molecular weight excluding hydrogens is 603 g/mol. The van der Waals surface area contributed by atoms with Crippen molar-refractivity contribution in [2.75, 3.05) is 17.8 Å². The molecular formula is C30H28F3N3O5S2. The number of sulfonamides is 1. The number of hydrogen-bond donors (Lipinski definition) is 1. The lowest BCUT2D eigenvalue weighted by Gasteiger charge is -2.30. The number of aromatic nitrogens is 1.